The van der Waals surface area contributed by atoms with Gasteiger partial charge >= 0.3 is 5.97 Å². The minimum Gasteiger partial charge on any atom is -0.482 e. The lowest BCUT2D eigenvalue weighted by Crippen LogP contribution is -2.09. The maximum atomic E-state index is 11.1. The molecule has 3 aromatic rings. The average molecular weight is 281 g/mol. The number of carbonyl (C=O) groups is 1. The van der Waals surface area contributed by atoms with Crippen molar-refractivity contribution in [2.75, 3.05) is 0 Å². The average Bonchev–Trinajstić information content (AvgIpc) is 3.09. The van der Waals surface area contributed by atoms with Crippen molar-refractivity contribution in [3.63, 3.8) is 0 Å². The number of nitrogens with zero attached hydrogens (tertiary/aromatic N) is 3. The van der Waals surface area contributed by atoms with Gasteiger partial charge in [0.05, 0.1) is 5.56 Å². The Balaban J connectivity index is 1.78. The molecule has 0 radical (unpaired) electrons. The Kier molecular flexibility index (Phi) is 2.44. The molecule has 0 saturated heterocycles. The molecule has 6 nitrogen and oxygen atoms in total. The molecule has 1 N–H and O–H groups in total. The van der Waals surface area contributed by atoms with E-state index < -0.39 is 5.97 Å². The van der Waals surface area contributed by atoms with E-state index in [4.69, 9.17) is 9.84 Å². The van der Waals surface area contributed by atoms with Crippen molar-refractivity contribution >= 4 is 11.6 Å². The van der Waals surface area contributed by atoms with Crippen molar-refractivity contribution in [3.05, 3.63) is 59.5 Å². The molecule has 6 heteroatoms. The van der Waals surface area contributed by atoms with Gasteiger partial charge in [0.15, 0.2) is 17.6 Å². The third-order valence-electron chi connectivity index (χ3n) is 3.61. The maximum Gasteiger partial charge on any atom is 0.337 e. The van der Waals surface area contributed by atoms with Crippen LogP contribution in [0.3, 0.4) is 0 Å². The normalized spacial score (nSPS) is 16.7. The Hall–Kier alpha value is -2.89. The van der Waals surface area contributed by atoms with Gasteiger partial charge in [-0.3, -0.25) is 4.40 Å². The molecule has 3 heterocycles. The van der Waals surface area contributed by atoms with E-state index in [0.29, 0.717) is 17.9 Å². The van der Waals surface area contributed by atoms with Crippen LogP contribution in [-0.4, -0.2) is 25.7 Å². The highest BCUT2D eigenvalue weighted by Gasteiger charge is 2.28. The van der Waals surface area contributed by atoms with Gasteiger partial charge in [-0.25, -0.2) is 4.79 Å². The summed E-state index contributed by atoms with van der Waals surface area (Å²) in [6.07, 6.45) is 1.98. The van der Waals surface area contributed by atoms with E-state index in [0.717, 1.165) is 11.3 Å². The number of pyridine rings is 1. The molecule has 1 atom stereocenters. The van der Waals surface area contributed by atoms with Crippen molar-refractivity contribution < 1.29 is 14.6 Å². The number of hydrogen-bond acceptors (Lipinski definition) is 4. The first-order valence-corrected chi connectivity index (χ1v) is 6.55. The van der Waals surface area contributed by atoms with E-state index >= 15 is 0 Å². The Morgan fingerprint density at radius 3 is 2.90 bits per heavy atom. The van der Waals surface area contributed by atoms with Crippen LogP contribution in [-0.2, 0) is 6.42 Å². The zero-order valence-corrected chi connectivity index (χ0v) is 10.9. The van der Waals surface area contributed by atoms with Gasteiger partial charge in [0.25, 0.3) is 0 Å². The summed E-state index contributed by atoms with van der Waals surface area (Å²) < 4.78 is 7.57. The number of rotatable bonds is 2. The number of aromatic carboxylic acids is 1. The molecule has 2 aromatic heterocycles. The zero-order chi connectivity index (χ0) is 14.4. The summed E-state index contributed by atoms with van der Waals surface area (Å²) in [7, 11) is 0. The summed E-state index contributed by atoms with van der Waals surface area (Å²) in [5, 5.41) is 17.3. The van der Waals surface area contributed by atoms with E-state index in [9.17, 15) is 4.79 Å². The molecule has 0 fully saturated rings. The van der Waals surface area contributed by atoms with Crippen LogP contribution in [0, 0.1) is 0 Å². The van der Waals surface area contributed by atoms with Gasteiger partial charge in [-0.05, 0) is 23.8 Å². The minimum absolute atomic E-state index is 0.194. The molecular formula is C15H11N3O3. The highest BCUT2D eigenvalue weighted by molar-refractivity contribution is 5.87. The van der Waals surface area contributed by atoms with Crippen molar-refractivity contribution in [1.82, 2.24) is 14.6 Å². The van der Waals surface area contributed by atoms with Crippen LogP contribution < -0.4 is 4.74 Å². The van der Waals surface area contributed by atoms with Crippen LogP contribution in [0.15, 0.2) is 42.6 Å². The summed E-state index contributed by atoms with van der Waals surface area (Å²) in [5.41, 5.74) is 1.92. The fourth-order valence-corrected chi connectivity index (χ4v) is 2.58. The second kappa shape index (κ2) is 4.31. The maximum absolute atomic E-state index is 11.1. The van der Waals surface area contributed by atoms with Crippen molar-refractivity contribution in [2.45, 2.75) is 12.5 Å². The molecule has 1 aliphatic rings. The molecule has 0 aliphatic carbocycles. The quantitative estimate of drug-likeness (QED) is 0.778. The van der Waals surface area contributed by atoms with E-state index in [-0.39, 0.29) is 11.7 Å². The first kappa shape index (κ1) is 11.9. The molecule has 104 valence electrons. The number of benzene rings is 1. The van der Waals surface area contributed by atoms with Crippen LogP contribution >= 0.6 is 0 Å². The smallest absolute Gasteiger partial charge is 0.337 e. The van der Waals surface area contributed by atoms with Gasteiger partial charge in [-0.15, -0.1) is 10.2 Å². The summed E-state index contributed by atoms with van der Waals surface area (Å²) in [5.74, 6) is 0.477. The Labute approximate surface area is 119 Å². The number of ether oxygens (including phenoxy) is 1. The number of aromatic nitrogens is 3. The van der Waals surface area contributed by atoms with Crippen molar-refractivity contribution in [3.8, 4) is 5.75 Å². The SMILES string of the molecule is O=C(O)c1ccc2nnc(C3Cc4ccccc4O3)n2c1. The first-order valence-electron chi connectivity index (χ1n) is 6.55. The molecule has 4 rings (SSSR count). The standard InChI is InChI=1S/C15H11N3O3/c19-15(20)10-5-6-13-16-17-14(18(13)8-10)12-7-9-3-1-2-4-11(9)21-12/h1-6,8,12H,7H2,(H,19,20). The molecule has 21 heavy (non-hydrogen) atoms. The highest BCUT2D eigenvalue weighted by atomic mass is 16.5. The second-order valence-corrected chi connectivity index (χ2v) is 4.93. The van der Waals surface area contributed by atoms with Crippen molar-refractivity contribution in [1.29, 1.82) is 0 Å². The molecule has 0 spiro atoms. The predicted molar refractivity (Wildman–Crippen MR) is 73.5 cm³/mol. The van der Waals surface area contributed by atoms with Gasteiger partial charge in [0.1, 0.15) is 5.75 Å². The van der Waals surface area contributed by atoms with E-state index in [2.05, 4.69) is 10.2 Å². The third-order valence-corrected chi connectivity index (χ3v) is 3.61. The van der Waals surface area contributed by atoms with E-state index in [1.807, 2.05) is 24.3 Å². The molecule has 1 aliphatic heterocycles. The lowest BCUT2D eigenvalue weighted by Gasteiger charge is -2.08. The lowest BCUT2D eigenvalue weighted by atomic mass is 10.1. The van der Waals surface area contributed by atoms with Crippen LogP contribution in [0.2, 0.25) is 0 Å². The number of carboxylic acids is 1. The topological polar surface area (TPSA) is 76.7 Å². The van der Waals surface area contributed by atoms with Crippen LogP contribution in [0.1, 0.15) is 27.8 Å². The fraction of sp³-hybridized carbons (Fsp3) is 0.133. The zero-order valence-electron chi connectivity index (χ0n) is 10.9. The first-order chi connectivity index (χ1) is 10.2. The summed E-state index contributed by atoms with van der Waals surface area (Å²) in [6.45, 7) is 0. The number of carboxylic acid groups (broad SMARTS) is 1. The summed E-state index contributed by atoms with van der Waals surface area (Å²) in [4.78, 5) is 11.1. The van der Waals surface area contributed by atoms with Crippen LogP contribution in [0.4, 0.5) is 0 Å². The Bertz CT molecular complexity index is 831. The van der Waals surface area contributed by atoms with Crippen molar-refractivity contribution in [2.24, 2.45) is 0 Å². The molecule has 0 bridgehead atoms. The number of hydrogen-bond donors (Lipinski definition) is 1. The lowest BCUT2D eigenvalue weighted by molar-refractivity contribution is 0.0696. The van der Waals surface area contributed by atoms with Gasteiger partial charge in [-0.2, -0.15) is 0 Å². The minimum atomic E-state index is -0.979. The van der Waals surface area contributed by atoms with Gasteiger partial charge in [0.2, 0.25) is 0 Å². The van der Waals surface area contributed by atoms with Crippen LogP contribution in [0.25, 0.3) is 5.65 Å². The Morgan fingerprint density at radius 2 is 2.10 bits per heavy atom. The number of para-hydroxylation sites is 1. The molecule has 0 saturated carbocycles. The van der Waals surface area contributed by atoms with E-state index in [1.165, 1.54) is 12.3 Å². The number of fused-ring (bicyclic) bond motifs is 2. The second-order valence-electron chi connectivity index (χ2n) is 4.93. The molecule has 1 aromatic carbocycles. The van der Waals surface area contributed by atoms with E-state index in [1.54, 1.807) is 10.5 Å². The Morgan fingerprint density at radius 1 is 1.24 bits per heavy atom. The third kappa shape index (κ3) is 1.84. The summed E-state index contributed by atoms with van der Waals surface area (Å²) in [6, 6.07) is 11.0. The predicted octanol–water partition coefficient (Wildman–Crippen LogP) is 2.10. The molecule has 0 amide bonds. The molecular weight excluding hydrogens is 270 g/mol. The summed E-state index contributed by atoms with van der Waals surface area (Å²) >= 11 is 0. The highest BCUT2D eigenvalue weighted by Crippen LogP contribution is 2.35. The largest absolute Gasteiger partial charge is 0.482 e. The fourth-order valence-electron chi connectivity index (χ4n) is 2.58. The van der Waals surface area contributed by atoms with Gasteiger partial charge in [-0.1, -0.05) is 18.2 Å². The van der Waals surface area contributed by atoms with Crippen LogP contribution in [0.5, 0.6) is 5.75 Å². The monoisotopic (exact) mass is 281 g/mol. The van der Waals surface area contributed by atoms with Gasteiger partial charge in [0, 0.05) is 12.6 Å². The molecule has 1 unspecified atom stereocenters. The van der Waals surface area contributed by atoms with Gasteiger partial charge < -0.3 is 9.84 Å².